The molecule has 0 saturated carbocycles. The van der Waals surface area contributed by atoms with Crippen molar-refractivity contribution >= 4 is 35.5 Å². The lowest BCUT2D eigenvalue weighted by molar-refractivity contribution is -0.118. The van der Waals surface area contributed by atoms with Crippen molar-refractivity contribution in [1.29, 1.82) is 0 Å². The van der Waals surface area contributed by atoms with E-state index in [0.29, 0.717) is 16.0 Å². The number of carbonyl (C=O) groups excluding carboxylic acids is 1. The van der Waals surface area contributed by atoms with E-state index in [0.717, 1.165) is 22.6 Å². The fourth-order valence-corrected chi connectivity index (χ4v) is 3.86. The largest absolute Gasteiger partial charge is 0.497 e. The number of hydrazone groups is 1. The molecule has 0 atom stereocenters. The summed E-state index contributed by atoms with van der Waals surface area (Å²) in [6.45, 7) is 0. The number of hydrogen-bond acceptors (Lipinski definition) is 6. The molecule has 1 N–H and O–H groups in total. The van der Waals surface area contributed by atoms with Gasteiger partial charge in [-0.25, -0.2) is 5.43 Å². The first-order chi connectivity index (χ1) is 16.1. The Kier molecular flexibility index (Phi) is 7.39. The van der Waals surface area contributed by atoms with Crippen molar-refractivity contribution in [1.82, 2.24) is 20.2 Å². The van der Waals surface area contributed by atoms with E-state index in [9.17, 15) is 4.79 Å². The van der Waals surface area contributed by atoms with Gasteiger partial charge in [0.05, 0.1) is 19.1 Å². The van der Waals surface area contributed by atoms with Gasteiger partial charge in [-0.3, -0.25) is 9.36 Å². The zero-order valence-electron chi connectivity index (χ0n) is 17.7. The molecule has 0 spiro atoms. The monoisotopic (exact) mass is 477 g/mol. The van der Waals surface area contributed by atoms with Gasteiger partial charge in [0.2, 0.25) is 0 Å². The number of rotatable bonds is 8. The highest BCUT2D eigenvalue weighted by atomic mass is 35.5. The summed E-state index contributed by atoms with van der Waals surface area (Å²) in [6.07, 6.45) is 1.56. The topological polar surface area (TPSA) is 81.4 Å². The molecule has 0 saturated heterocycles. The molecule has 1 aromatic heterocycles. The predicted octanol–water partition coefficient (Wildman–Crippen LogP) is 4.84. The second kappa shape index (κ2) is 10.8. The molecule has 166 valence electrons. The van der Waals surface area contributed by atoms with Crippen LogP contribution < -0.4 is 10.2 Å². The van der Waals surface area contributed by atoms with Crippen molar-refractivity contribution in [2.24, 2.45) is 5.10 Å². The third kappa shape index (κ3) is 5.79. The summed E-state index contributed by atoms with van der Waals surface area (Å²) >= 11 is 7.15. The molecule has 9 heteroatoms. The fourth-order valence-electron chi connectivity index (χ4n) is 2.99. The number of aromatic nitrogens is 3. The number of hydrogen-bond donors (Lipinski definition) is 1. The molecule has 0 aliphatic heterocycles. The molecule has 0 bridgehead atoms. The highest BCUT2D eigenvalue weighted by molar-refractivity contribution is 7.99. The van der Waals surface area contributed by atoms with Crippen molar-refractivity contribution in [3.63, 3.8) is 0 Å². The van der Waals surface area contributed by atoms with Crippen LogP contribution in [0.25, 0.3) is 17.1 Å². The molecule has 1 heterocycles. The summed E-state index contributed by atoms with van der Waals surface area (Å²) in [6, 6.07) is 24.5. The summed E-state index contributed by atoms with van der Waals surface area (Å²) in [5, 5.41) is 13.9. The smallest absolute Gasteiger partial charge is 0.250 e. The lowest BCUT2D eigenvalue weighted by atomic mass is 10.2. The maximum atomic E-state index is 12.3. The second-order valence-electron chi connectivity index (χ2n) is 6.84. The molecule has 0 unspecified atom stereocenters. The number of thioether (sulfide) groups is 1. The highest BCUT2D eigenvalue weighted by Crippen LogP contribution is 2.28. The van der Waals surface area contributed by atoms with Crippen LogP contribution in [0.5, 0.6) is 5.75 Å². The number of methoxy groups -OCH3 is 1. The molecule has 3 aromatic carbocycles. The molecule has 33 heavy (non-hydrogen) atoms. The van der Waals surface area contributed by atoms with Crippen molar-refractivity contribution in [2.45, 2.75) is 5.16 Å². The minimum Gasteiger partial charge on any atom is -0.497 e. The van der Waals surface area contributed by atoms with Gasteiger partial charge in [-0.05, 0) is 42.0 Å². The van der Waals surface area contributed by atoms with Gasteiger partial charge in [-0.15, -0.1) is 10.2 Å². The fraction of sp³-hybridized carbons (Fsp3) is 0.0833. The maximum absolute atomic E-state index is 12.3. The van der Waals surface area contributed by atoms with Gasteiger partial charge in [-0.1, -0.05) is 65.8 Å². The van der Waals surface area contributed by atoms with E-state index in [1.807, 2.05) is 71.3 Å². The lowest BCUT2D eigenvalue weighted by Crippen LogP contribution is -2.20. The quantitative estimate of drug-likeness (QED) is 0.223. The summed E-state index contributed by atoms with van der Waals surface area (Å²) in [5.74, 6) is 1.31. The Morgan fingerprint density at radius 1 is 1.06 bits per heavy atom. The SMILES string of the molecule is COc1ccc(-n2c(SCC(=O)NN=Cc3ccc(Cl)cc3)nnc2-c2ccccc2)cc1. The Morgan fingerprint density at radius 3 is 2.48 bits per heavy atom. The molecule has 4 rings (SSSR count). The highest BCUT2D eigenvalue weighted by Gasteiger charge is 2.17. The van der Waals surface area contributed by atoms with Gasteiger partial charge in [-0.2, -0.15) is 5.10 Å². The van der Waals surface area contributed by atoms with E-state index >= 15 is 0 Å². The van der Waals surface area contributed by atoms with Crippen LogP contribution in [-0.4, -0.2) is 39.7 Å². The average molecular weight is 478 g/mol. The third-order valence-corrected chi connectivity index (χ3v) is 5.78. The van der Waals surface area contributed by atoms with E-state index in [2.05, 4.69) is 20.7 Å². The van der Waals surface area contributed by atoms with Crippen molar-refractivity contribution in [2.75, 3.05) is 12.9 Å². The number of nitrogens with zero attached hydrogens (tertiary/aromatic N) is 4. The van der Waals surface area contributed by atoms with Crippen LogP contribution in [0.1, 0.15) is 5.56 Å². The number of carbonyl (C=O) groups is 1. The average Bonchev–Trinajstić information content (AvgIpc) is 3.28. The number of nitrogens with one attached hydrogen (secondary N) is 1. The first-order valence-corrected chi connectivity index (χ1v) is 11.4. The van der Waals surface area contributed by atoms with Gasteiger partial charge in [0.15, 0.2) is 11.0 Å². The normalized spacial score (nSPS) is 11.0. The minimum atomic E-state index is -0.254. The van der Waals surface area contributed by atoms with Crippen molar-refractivity contribution in [3.05, 3.63) is 89.4 Å². The van der Waals surface area contributed by atoms with Crippen molar-refractivity contribution < 1.29 is 9.53 Å². The second-order valence-corrected chi connectivity index (χ2v) is 8.22. The Labute approximate surface area is 200 Å². The summed E-state index contributed by atoms with van der Waals surface area (Å²) in [4.78, 5) is 12.3. The summed E-state index contributed by atoms with van der Waals surface area (Å²) in [5.41, 5.74) is 5.15. The summed E-state index contributed by atoms with van der Waals surface area (Å²) < 4.78 is 7.19. The number of benzene rings is 3. The first-order valence-electron chi connectivity index (χ1n) is 9.99. The van der Waals surface area contributed by atoms with Crippen LogP contribution in [0.4, 0.5) is 0 Å². The van der Waals surface area contributed by atoms with Gasteiger partial charge < -0.3 is 4.74 Å². The molecule has 0 radical (unpaired) electrons. The van der Waals surface area contributed by atoms with Crippen LogP contribution in [0, 0.1) is 0 Å². The van der Waals surface area contributed by atoms with Gasteiger partial charge in [0, 0.05) is 16.3 Å². The van der Waals surface area contributed by atoms with E-state index < -0.39 is 0 Å². The van der Waals surface area contributed by atoms with Crippen LogP contribution in [0.3, 0.4) is 0 Å². The Morgan fingerprint density at radius 2 is 1.79 bits per heavy atom. The van der Waals surface area contributed by atoms with Crippen LogP contribution in [0.2, 0.25) is 5.02 Å². The lowest BCUT2D eigenvalue weighted by Gasteiger charge is -2.11. The zero-order valence-corrected chi connectivity index (χ0v) is 19.3. The first kappa shape index (κ1) is 22.6. The van der Waals surface area contributed by atoms with Gasteiger partial charge >= 0.3 is 0 Å². The molecule has 7 nitrogen and oxygen atoms in total. The van der Waals surface area contributed by atoms with E-state index in [1.165, 1.54) is 11.8 Å². The standard InChI is InChI=1S/C24H20ClN5O2S/c1-32-21-13-11-20(12-14-21)30-23(18-5-3-2-4-6-18)28-29-24(30)33-16-22(31)27-26-15-17-7-9-19(25)10-8-17/h2-15H,16H2,1H3,(H,27,31). The Balaban J connectivity index is 1.50. The molecule has 4 aromatic rings. The van der Waals surface area contributed by atoms with Crippen LogP contribution in [0.15, 0.2) is 89.1 Å². The maximum Gasteiger partial charge on any atom is 0.250 e. The molecule has 1 amide bonds. The molecule has 0 aliphatic rings. The van der Waals surface area contributed by atoms with Crippen LogP contribution in [-0.2, 0) is 4.79 Å². The predicted molar refractivity (Wildman–Crippen MR) is 131 cm³/mol. The third-order valence-electron chi connectivity index (χ3n) is 4.60. The number of ether oxygens (including phenoxy) is 1. The Bertz CT molecular complexity index is 1240. The summed E-state index contributed by atoms with van der Waals surface area (Å²) in [7, 11) is 1.62. The van der Waals surface area contributed by atoms with E-state index in [4.69, 9.17) is 16.3 Å². The number of amides is 1. The van der Waals surface area contributed by atoms with E-state index in [-0.39, 0.29) is 11.7 Å². The van der Waals surface area contributed by atoms with Crippen molar-refractivity contribution in [3.8, 4) is 22.8 Å². The minimum absolute atomic E-state index is 0.126. The molecule has 0 aliphatic carbocycles. The van der Waals surface area contributed by atoms with Crippen LogP contribution >= 0.6 is 23.4 Å². The molecular weight excluding hydrogens is 458 g/mol. The Hall–Kier alpha value is -3.62. The van der Waals surface area contributed by atoms with Gasteiger partial charge in [0.25, 0.3) is 5.91 Å². The molecular formula is C24H20ClN5O2S. The number of halogens is 1. The van der Waals surface area contributed by atoms with Gasteiger partial charge in [0.1, 0.15) is 5.75 Å². The molecule has 0 fully saturated rings. The zero-order chi connectivity index (χ0) is 23.0. The van der Waals surface area contributed by atoms with E-state index in [1.54, 1.807) is 25.5 Å².